The fourth-order valence-corrected chi connectivity index (χ4v) is 2.20. The molecule has 0 heterocycles. The maximum Gasteiger partial charge on any atom is 0.130 e. The van der Waals surface area contributed by atoms with E-state index in [0.717, 1.165) is 29.9 Å². The Morgan fingerprint density at radius 1 is 0.950 bits per heavy atom. The van der Waals surface area contributed by atoms with Gasteiger partial charge in [-0.05, 0) is 55.1 Å². The van der Waals surface area contributed by atoms with E-state index in [0.29, 0.717) is 6.54 Å². The third kappa shape index (κ3) is 4.10. The Morgan fingerprint density at radius 3 is 2.40 bits per heavy atom. The van der Waals surface area contributed by atoms with Gasteiger partial charge in [0, 0.05) is 0 Å². The lowest BCUT2D eigenvalue weighted by Crippen LogP contribution is -2.03. The van der Waals surface area contributed by atoms with Crippen molar-refractivity contribution in [2.45, 2.75) is 32.6 Å². The molecule has 2 nitrogen and oxygen atoms in total. The van der Waals surface area contributed by atoms with Gasteiger partial charge in [-0.15, -0.1) is 0 Å². The average Bonchev–Trinajstić information content (AvgIpc) is 2.49. The van der Waals surface area contributed by atoms with Crippen LogP contribution in [0.1, 0.15) is 30.9 Å². The fourth-order valence-electron chi connectivity index (χ4n) is 2.20. The Morgan fingerprint density at radius 2 is 1.70 bits per heavy atom. The van der Waals surface area contributed by atoms with Gasteiger partial charge in [-0.2, -0.15) is 0 Å². The van der Waals surface area contributed by atoms with Gasteiger partial charge in [0.25, 0.3) is 0 Å². The number of hydrogen-bond donors (Lipinski definition) is 1. The minimum absolute atomic E-state index is 0.635. The molecule has 0 aromatic heterocycles. The Balaban J connectivity index is 2.06. The summed E-state index contributed by atoms with van der Waals surface area (Å²) in [5.74, 6) is 1.79. The summed E-state index contributed by atoms with van der Waals surface area (Å²) >= 11 is 0. The van der Waals surface area contributed by atoms with E-state index >= 15 is 0 Å². The van der Waals surface area contributed by atoms with Gasteiger partial charge < -0.3 is 10.5 Å². The summed E-state index contributed by atoms with van der Waals surface area (Å²) < 4.78 is 5.97. The minimum atomic E-state index is 0.635. The first-order valence-corrected chi connectivity index (χ1v) is 7.38. The zero-order valence-electron chi connectivity index (χ0n) is 12.1. The lowest BCUT2D eigenvalue weighted by molar-refractivity contribution is 0.476. The van der Waals surface area contributed by atoms with Crippen molar-refractivity contribution >= 4 is 0 Å². The standard InChI is InChI=1S/C18H23NO/c1-2-3-6-15-9-11-17(12-10-15)20-18-8-5-4-7-16(18)13-14-19/h4-5,7-12H,2-3,6,13-14,19H2,1H3. The summed E-state index contributed by atoms with van der Waals surface area (Å²) in [4.78, 5) is 0. The molecule has 0 aliphatic heterocycles. The molecule has 106 valence electrons. The summed E-state index contributed by atoms with van der Waals surface area (Å²) in [6.45, 7) is 2.85. The van der Waals surface area contributed by atoms with Gasteiger partial charge in [0.05, 0.1) is 0 Å². The highest BCUT2D eigenvalue weighted by Gasteiger charge is 2.03. The van der Waals surface area contributed by atoms with Crippen molar-refractivity contribution in [2.24, 2.45) is 5.73 Å². The minimum Gasteiger partial charge on any atom is -0.457 e. The van der Waals surface area contributed by atoms with Gasteiger partial charge in [0.1, 0.15) is 11.5 Å². The van der Waals surface area contributed by atoms with Gasteiger partial charge in [-0.1, -0.05) is 43.7 Å². The first-order valence-electron chi connectivity index (χ1n) is 7.38. The fraction of sp³-hybridized carbons (Fsp3) is 0.333. The Bertz CT molecular complexity index is 519. The number of rotatable bonds is 7. The molecular formula is C18H23NO. The quantitative estimate of drug-likeness (QED) is 0.812. The predicted molar refractivity (Wildman–Crippen MR) is 84.3 cm³/mol. The molecule has 0 aliphatic carbocycles. The molecule has 2 rings (SSSR count). The van der Waals surface area contributed by atoms with Crippen LogP contribution in [0, 0.1) is 0 Å². The molecule has 2 N–H and O–H groups in total. The van der Waals surface area contributed by atoms with E-state index < -0.39 is 0 Å². The average molecular weight is 269 g/mol. The van der Waals surface area contributed by atoms with Crippen LogP contribution in [0.3, 0.4) is 0 Å². The van der Waals surface area contributed by atoms with E-state index in [4.69, 9.17) is 10.5 Å². The normalized spacial score (nSPS) is 10.5. The van der Waals surface area contributed by atoms with Crippen molar-refractivity contribution in [3.63, 3.8) is 0 Å². The monoisotopic (exact) mass is 269 g/mol. The third-order valence-corrected chi connectivity index (χ3v) is 3.36. The smallest absolute Gasteiger partial charge is 0.130 e. The molecule has 2 aromatic rings. The molecule has 2 heteroatoms. The van der Waals surface area contributed by atoms with Crippen LogP contribution in [0.5, 0.6) is 11.5 Å². The summed E-state index contributed by atoms with van der Waals surface area (Å²) in [7, 11) is 0. The summed E-state index contributed by atoms with van der Waals surface area (Å²) in [6, 6.07) is 16.5. The lowest BCUT2D eigenvalue weighted by Gasteiger charge is -2.11. The van der Waals surface area contributed by atoms with Crippen molar-refractivity contribution in [3.05, 3.63) is 59.7 Å². The third-order valence-electron chi connectivity index (χ3n) is 3.36. The topological polar surface area (TPSA) is 35.2 Å². The first kappa shape index (κ1) is 14.6. The van der Waals surface area contributed by atoms with Crippen LogP contribution >= 0.6 is 0 Å². The molecule has 0 aliphatic rings. The number of nitrogens with two attached hydrogens (primary N) is 1. The SMILES string of the molecule is CCCCc1ccc(Oc2ccccc2CCN)cc1. The van der Waals surface area contributed by atoms with Crippen LogP contribution in [0.4, 0.5) is 0 Å². The molecule has 0 atom stereocenters. The van der Waals surface area contributed by atoms with Crippen molar-refractivity contribution in [1.82, 2.24) is 0 Å². The maximum atomic E-state index is 5.97. The Labute approximate surface area is 121 Å². The van der Waals surface area contributed by atoms with Crippen LogP contribution < -0.4 is 10.5 Å². The Kier molecular flexibility index (Phi) is 5.63. The van der Waals surface area contributed by atoms with Crippen molar-refractivity contribution in [2.75, 3.05) is 6.54 Å². The van der Waals surface area contributed by atoms with E-state index in [2.05, 4.69) is 25.1 Å². The molecule has 0 fully saturated rings. The van der Waals surface area contributed by atoms with Gasteiger partial charge in [0.15, 0.2) is 0 Å². The van der Waals surface area contributed by atoms with E-state index in [1.807, 2.05) is 30.3 Å². The van der Waals surface area contributed by atoms with Gasteiger partial charge >= 0.3 is 0 Å². The van der Waals surface area contributed by atoms with E-state index in [9.17, 15) is 0 Å². The molecule has 0 radical (unpaired) electrons. The van der Waals surface area contributed by atoms with Gasteiger partial charge in [-0.3, -0.25) is 0 Å². The van der Waals surface area contributed by atoms with Gasteiger partial charge in [0.2, 0.25) is 0 Å². The molecule has 0 spiro atoms. The number of benzene rings is 2. The number of ether oxygens (including phenoxy) is 1. The highest BCUT2D eigenvalue weighted by Crippen LogP contribution is 2.25. The largest absolute Gasteiger partial charge is 0.457 e. The molecule has 0 amide bonds. The maximum absolute atomic E-state index is 5.97. The second-order valence-electron chi connectivity index (χ2n) is 5.00. The second-order valence-corrected chi connectivity index (χ2v) is 5.00. The second kappa shape index (κ2) is 7.71. The highest BCUT2D eigenvalue weighted by molar-refractivity contribution is 5.38. The lowest BCUT2D eigenvalue weighted by atomic mass is 10.1. The molecule has 0 saturated heterocycles. The van der Waals surface area contributed by atoms with Crippen molar-refractivity contribution < 1.29 is 4.74 Å². The molecular weight excluding hydrogens is 246 g/mol. The summed E-state index contributed by atoms with van der Waals surface area (Å²) in [5.41, 5.74) is 8.16. The van der Waals surface area contributed by atoms with E-state index in [-0.39, 0.29) is 0 Å². The molecule has 0 bridgehead atoms. The van der Waals surface area contributed by atoms with Crippen LogP contribution in [0.25, 0.3) is 0 Å². The molecule has 0 saturated carbocycles. The van der Waals surface area contributed by atoms with E-state index in [1.165, 1.54) is 18.4 Å². The molecule has 20 heavy (non-hydrogen) atoms. The van der Waals surface area contributed by atoms with Crippen LogP contribution in [-0.2, 0) is 12.8 Å². The van der Waals surface area contributed by atoms with Crippen LogP contribution in [0.15, 0.2) is 48.5 Å². The number of unbranched alkanes of at least 4 members (excludes halogenated alkanes) is 1. The zero-order chi connectivity index (χ0) is 14.2. The number of aryl methyl sites for hydroxylation is 1. The summed E-state index contributed by atoms with van der Waals surface area (Å²) in [6.07, 6.45) is 4.44. The number of para-hydroxylation sites is 1. The first-order chi connectivity index (χ1) is 9.83. The number of hydrogen-bond acceptors (Lipinski definition) is 2. The van der Waals surface area contributed by atoms with Gasteiger partial charge in [-0.25, -0.2) is 0 Å². The summed E-state index contributed by atoms with van der Waals surface area (Å²) in [5, 5.41) is 0. The zero-order valence-corrected chi connectivity index (χ0v) is 12.1. The van der Waals surface area contributed by atoms with Crippen molar-refractivity contribution in [1.29, 1.82) is 0 Å². The predicted octanol–water partition coefficient (Wildman–Crippen LogP) is 4.32. The van der Waals surface area contributed by atoms with Crippen LogP contribution in [0.2, 0.25) is 0 Å². The molecule has 2 aromatic carbocycles. The van der Waals surface area contributed by atoms with E-state index in [1.54, 1.807) is 0 Å². The Hall–Kier alpha value is -1.80. The highest BCUT2D eigenvalue weighted by atomic mass is 16.5. The molecule has 0 unspecified atom stereocenters. The van der Waals surface area contributed by atoms with Crippen LogP contribution in [-0.4, -0.2) is 6.54 Å². The van der Waals surface area contributed by atoms with Crippen molar-refractivity contribution in [3.8, 4) is 11.5 Å².